The van der Waals surface area contributed by atoms with E-state index in [1.165, 1.54) is 12.1 Å². The summed E-state index contributed by atoms with van der Waals surface area (Å²) in [6.07, 6.45) is 1.31. The van der Waals surface area contributed by atoms with Gasteiger partial charge in [-0.15, -0.1) is 0 Å². The molecule has 2 aromatic carbocycles. The minimum absolute atomic E-state index is 0.0266. The van der Waals surface area contributed by atoms with E-state index in [9.17, 15) is 14.9 Å². The number of aliphatic imine (C=N–C) groups is 1. The van der Waals surface area contributed by atoms with Crippen LogP contribution in [0.3, 0.4) is 0 Å². The largest absolute Gasteiger partial charge is 0.303 e. The lowest BCUT2D eigenvalue weighted by molar-refractivity contribution is -0.382. The van der Waals surface area contributed by atoms with Gasteiger partial charge in [0.1, 0.15) is 0 Å². The van der Waals surface area contributed by atoms with Gasteiger partial charge in [-0.05, 0) is 17.5 Å². The number of nitro groups is 1. The third kappa shape index (κ3) is 1.55. The maximum absolute atomic E-state index is 10.9. The van der Waals surface area contributed by atoms with E-state index in [-0.39, 0.29) is 11.4 Å². The van der Waals surface area contributed by atoms with Crippen molar-refractivity contribution in [2.24, 2.45) is 4.99 Å². The molecule has 16 heavy (non-hydrogen) atoms. The molecule has 0 aliphatic heterocycles. The first-order valence-corrected chi connectivity index (χ1v) is 4.48. The molecule has 5 nitrogen and oxygen atoms in total. The van der Waals surface area contributed by atoms with Gasteiger partial charge in [0.05, 0.1) is 10.3 Å². The van der Waals surface area contributed by atoms with Crippen molar-refractivity contribution in [2.45, 2.75) is 0 Å². The van der Waals surface area contributed by atoms with Crippen LogP contribution in [0, 0.1) is 10.1 Å². The van der Waals surface area contributed by atoms with Gasteiger partial charge < -0.3 is 0 Å². The number of nitrogens with zero attached hydrogens (tertiary/aromatic N) is 2. The molecule has 0 radical (unpaired) electrons. The second-order valence-corrected chi connectivity index (χ2v) is 3.11. The van der Waals surface area contributed by atoms with Gasteiger partial charge in [0.2, 0.25) is 6.08 Å². The number of isocyanates is 1. The summed E-state index contributed by atoms with van der Waals surface area (Å²) in [4.78, 5) is 23.9. The molecule has 0 aliphatic rings. The summed E-state index contributed by atoms with van der Waals surface area (Å²) in [5.41, 5.74) is -0.139. The van der Waals surface area contributed by atoms with E-state index in [2.05, 4.69) is 4.99 Å². The number of benzene rings is 2. The molecule has 0 fully saturated rings. The molecule has 0 spiro atoms. The molecule has 0 saturated carbocycles. The van der Waals surface area contributed by atoms with Crippen molar-refractivity contribution in [3.63, 3.8) is 0 Å². The van der Waals surface area contributed by atoms with Crippen molar-refractivity contribution in [2.75, 3.05) is 0 Å². The first-order chi connectivity index (χ1) is 7.74. The van der Waals surface area contributed by atoms with Gasteiger partial charge in [0, 0.05) is 0 Å². The zero-order valence-corrected chi connectivity index (χ0v) is 8.08. The number of fused-ring (bicyclic) bond motifs is 1. The fourth-order valence-corrected chi connectivity index (χ4v) is 1.57. The summed E-state index contributed by atoms with van der Waals surface area (Å²) in [5, 5.41) is 12.1. The van der Waals surface area contributed by atoms with Crippen molar-refractivity contribution in [3.05, 3.63) is 46.5 Å². The first-order valence-electron chi connectivity index (χ1n) is 4.48. The summed E-state index contributed by atoms with van der Waals surface area (Å²) in [6.45, 7) is 0. The van der Waals surface area contributed by atoms with Crippen LogP contribution in [0.2, 0.25) is 0 Å². The Morgan fingerprint density at radius 3 is 2.62 bits per heavy atom. The van der Waals surface area contributed by atoms with Gasteiger partial charge in [0.15, 0.2) is 5.69 Å². The maximum atomic E-state index is 10.9. The molecular formula is C11H6N2O3. The predicted octanol–water partition coefficient (Wildman–Crippen LogP) is 2.72. The van der Waals surface area contributed by atoms with E-state index in [0.29, 0.717) is 5.39 Å². The van der Waals surface area contributed by atoms with Gasteiger partial charge in [-0.2, -0.15) is 4.99 Å². The smallest absolute Gasteiger partial charge is 0.258 e. The van der Waals surface area contributed by atoms with E-state index in [4.69, 9.17) is 0 Å². The quantitative estimate of drug-likeness (QED) is 0.334. The Bertz CT molecular complexity index is 616. The Morgan fingerprint density at radius 2 is 1.94 bits per heavy atom. The normalized spacial score (nSPS) is 9.75. The van der Waals surface area contributed by atoms with E-state index >= 15 is 0 Å². The minimum atomic E-state index is -0.543. The summed E-state index contributed by atoms with van der Waals surface area (Å²) >= 11 is 0. The molecule has 0 heterocycles. The third-order valence-electron chi connectivity index (χ3n) is 2.23. The molecule has 0 saturated heterocycles. The lowest BCUT2D eigenvalue weighted by atomic mass is 10.1. The van der Waals surface area contributed by atoms with Gasteiger partial charge >= 0.3 is 5.69 Å². The van der Waals surface area contributed by atoms with Gasteiger partial charge in [0.25, 0.3) is 0 Å². The van der Waals surface area contributed by atoms with Crippen molar-refractivity contribution in [3.8, 4) is 0 Å². The van der Waals surface area contributed by atoms with Crippen molar-refractivity contribution >= 4 is 28.2 Å². The van der Waals surface area contributed by atoms with Crippen molar-refractivity contribution in [1.29, 1.82) is 0 Å². The number of rotatable bonds is 2. The van der Waals surface area contributed by atoms with E-state index in [1.807, 2.05) is 0 Å². The Morgan fingerprint density at radius 1 is 1.19 bits per heavy atom. The standard InChI is InChI=1S/C11H6N2O3/c14-7-12-10-6-5-8-3-1-2-4-9(8)11(10)13(15)16/h1-6H. The molecule has 0 unspecified atom stereocenters. The van der Waals surface area contributed by atoms with Gasteiger partial charge in [-0.25, -0.2) is 4.79 Å². The molecule has 2 rings (SSSR count). The second kappa shape index (κ2) is 3.92. The number of carbonyl (C=O) groups excluding carboxylic acids is 1. The summed E-state index contributed by atoms with van der Waals surface area (Å²) in [6, 6.07) is 9.98. The highest BCUT2D eigenvalue weighted by atomic mass is 16.6. The third-order valence-corrected chi connectivity index (χ3v) is 2.23. The van der Waals surface area contributed by atoms with Crippen LogP contribution in [-0.4, -0.2) is 11.0 Å². The van der Waals surface area contributed by atoms with E-state index < -0.39 is 4.92 Å². The summed E-state index contributed by atoms with van der Waals surface area (Å²) in [7, 11) is 0. The Labute approximate surface area is 90.2 Å². The molecule has 2 aromatic rings. The van der Waals surface area contributed by atoms with Gasteiger partial charge in [-0.3, -0.25) is 10.1 Å². The van der Waals surface area contributed by atoms with Gasteiger partial charge in [-0.1, -0.05) is 24.3 Å². The molecule has 5 heteroatoms. The highest BCUT2D eigenvalue weighted by molar-refractivity contribution is 5.96. The van der Waals surface area contributed by atoms with Crippen molar-refractivity contribution < 1.29 is 9.72 Å². The number of nitro benzene ring substituents is 1. The SMILES string of the molecule is O=C=Nc1ccc2ccccc2c1[N+](=O)[O-]. The lowest BCUT2D eigenvalue weighted by Gasteiger charge is -2.00. The Kier molecular flexibility index (Phi) is 2.45. The van der Waals surface area contributed by atoms with E-state index in [1.54, 1.807) is 30.3 Å². The molecule has 0 N–H and O–H groups in total. The molecule has 0 amide bonds. The van der Waals surface area contributed by atoms with Crippen molar-refractivity contribution in [1.82, 2.24) is 0 Å². The van der Waals surface area contributed by atoms with Crippen LogP contribution in [-0.2, 0) is 4.79 Å². The monoisotopic (exact) mass is 214 g/mol. The molecule has 0 atom stereocenters. The molecule has 0 aromatic heterocycles. The first kappa shape index (κ1) is 10.0. The highest BCUT2D eigenvalue weighted by Gasteiger charge is 2.17. The Balaban J connectivity index is 2.89. The van der Waals surface area contributed by atoms with Crippen LogP contribution >= 0.6 is 0 Å². The molecular weight excluding hydrogens is 208 g/mol. The maximum Gasteiger partial charge on any atom is 0.303 e. The average Bonchev–Trinajstić information content (AvgIpc) is 2.28. The summed E-state index contributed by atoms with van der Waals surface area (Å²) in [5.74, 6) is 0. The fraction of sp³-hybridized carbons (Fsp3) is 0. The van der Waals surface area contributed by atoms with Crippen LogP contribution in [0.15, 0.2) is 41.4 Å². The van der Waals surface area contributed by atoms with Crippen LogP contribution in [0.25, 0.3) is 10.8 Å². The predicted molar refractivity (Wildman–Crippen MR) is 58.4 cm³/mol. The topological polar surface area (TPSA) is 72.6 Å². The van der Waals surface area contributed by atoms with Crippen LogP contribution in [0.1, 0.15) is 0 Å². The Hall–Kier alpha value is -2.52. The van der Waals surface area contributed by atoms with Crippen LogP contribution < -0.4 is 0 Å². The van der Waals surface area contributed by atoms with Crippen LogP contribution in [0.4, 0.5) is 11.4 Å². The average molecular weight is 214 g/mol. The van der Waals surface area contributed by atoms with Crippen LogP contribution in [0.5, 0.6) is 0 Å². The zero-order chi connectivity index (χ0) is 11.5. The number of hydrogen-bond donors (Lipinski definition) is 0. The highest BCUT2D eigenvalue weighted by Crippen LogP contribution is 2.34. The number of hydrogen-bond acceptors (Lipinski definition) is 4. The minimum Gasteiger partial charge on any atom is -0.258 e. The van der Waals surface area contributed by atoms with E-state index in [0.717, 1.165) is 5.39 Å². The second-order valence-electron chi connectivity index (χ2n) is 3.11. The molecule has 0 bridgehead atoms. The lowest BCUT2D eigenvalue weighted by Crippen LogP contribution is -1.90. The molecule has 0 aliphatic carbocycles. The molecule has 78 valence electrons. The fourth-order valence-electron chi connectivity index (χ4n) is 1.57. The zero-order valence-electron chi connectivity index (χ0n) is 8.08. The summed E-state index contributed by atoms with van der Waals surface area (Å²) < 4.78 is 0.